The summed E-state index contributed by atoms with van der Waals surface area (Å²) in [6.45, 7) is 0.377. The second-order valence-corrected chi connectivity index (χ2v) is 4.71. The second kappa shape index (κ2) is 12.3. The molecule has 24 heavy (non-hydrogen) atoms. The van der Waals surface area contributed by atoms with Crippen LogP contribution in [0.2, 0.25) is 0 Å². The lowest BCUT2D eigenvalue weighted by Crippen LogP contribution is -2.53. The number of carbonyl (C=O) groups excluding carboxylic acids is 3. The maximum atomic E-state index is 10.6. The smallest absolute Gasteiger partial charge is 0.321 e. The van der Waals surface area contributed by atoms with Gasteiger partial charge in [-0.3, -0.25) is 14.4 Å². The van der Waals surface area contributed by atoms with Gasteiger partial charge in [0.15, 0.2) is 0 Å². The Bertz CT molecular complexity index is 432. The molecule has 5 unspecified atom stereocenters. The summed E-state index contributed by atoms with van der Waals surface area (Å²) < 4.78 is 0. The first-order chi connectivity index (χ1) is 11.0. The first-order valence-electron chi connectivity index (χ1n) is 6.62. The number of aldehydes is 1. The molecule has 0 rings (SSSR count). The summed E-state index contributed by atoms with van der Waals surface area (Å²) in [4.78, 5) is 41.0. The molecule has 140 valence electrons. The summed E-state index contributed by atoms with van der Waals surface area (Å²) in [5, 5.41) is 46.2. The average molecular weight is 353 g/mol. The molecule has 0 fully saturated rings. The van der Waals surface area contributed by atoms with Crippen LogP contribution in [0.1, 0.15) is 13.3 Å². The number of aliphatic carboxylic acids is 1. The van der Waals surface area contributed by atoms with Gasteiger partial charge in [0.1, 0.15) is 36.7 Å². The van der Waals surface area contributed by atoms with Crippen LogP contribution >= 0.6 is 0 Å². The van der Waals surface area contributed by atoms with Crippen molar-refractivity contribution in [2.75, 3.05) is 6.61 Å². The fraction of sp³-hybridized carbons (Fsp3) is 0.667. The molecule has 10 N–H and O–H groups in total. The van der Waals surface area contributed by atoms with Crippen molar-refractivity contribution in [3.63, 3.8) is 0 Å². The topological polar surface area (TPSA) is 234 Å². The molecule has 2 amide bonds. The van der Waals surface area contributed by atoms with Crippen molar-refractivity contribution in [3.05, 3.63) is 0 Å². The van der Waals surface area contributed by atoms with Crippen molar-refractivity contribution in [2.24, 2.45) is 11.5 Å². The van der Waals surface area contributed by atoms with Crippen LogP contribution in [0.3, 0.4) is 0 Å². The number of aliphatic hydroxyl groups excluding tert-OH is 4. The standard InChI is InChI=1S/C8H15NO6.C4H8N2O3/c1-4(12)9-5(2-10)7(14)8(15)6(13)3-11;5-2(4(8)9)1-3(6)7/h2,5-8,11,13-15H,3H2,1H3,(H,9,12);2H,1,5H2,(H2,6,7)(H,8,9). The molecule has 12 heteroatoms. The Hall–Kier alpha value is -2.12. The summed E-state index contributed by atoms with van der Waals surface area (Å²) in [5.74, 6) is -2.48. The van der Waals surface area contributed by atoms with Crippen molar-refractivity contribution in [1.29, 1.82) is 0 Å². The largest absolute Gasteiger partial charge is 0.480 e. The van der Waals surface area contributed by atoms with E-state index >= 15 is 0 Å². The summed E-state index contributed by atoms with van der Waals surface area (Å²) in [6.07, 6.45) is -5.03. The van der Waals surface area contributed by atoms with Crippen LogP contribution < -0.4 is 16.8 Å². The van der Waals surface area contributed by atoms with E-state index in [2.05, 4.69) is 11.1 Å². The normalized spacial score (nSPS) is 16.4. The van der Waals surface area contributed by atoms with E-state index in [1.165, 1.54) is 0 Å². The van der Waals surface area contributed by atoms with Crippen LogP contribution in [0, 0.1) is 0 Å². The van der Waals surface area contributed by atoms with Gasteiger partial charge in [0.25, 0.3) is 0 Å². The Morgan fingerprint density at radius 3 is 1.92 bits per heavy atom. The predicted molar refractivity (Wildman–Crippen MR) is 78.2 cm³/mol. The number of amides is 2. The van der Waals surface area contributed by atoms with Gasteiger partial charge < -0.3 is 47.1 Å². The number of rotatable bonds is 9. The molecule has 0 aliphatic heterocycles. The SMILES string of the molecule is CC(=O)NC(C=O)C(O)C(O)C(O)CO.NC(=O)CC(N)C(=O)O. The van der Waals surface area contributed by atoms with Crippen LogP contribution in [0.25, 0.3) is 0 Å². The third-order valence-corrected chi connectivity index (χ3v) is 2.55. The summed E-state index contributed by atoms with van der Waals surface area (Å²) in [5.41, 5.74) is 9.57. The highest BCUT2D eigenvalue weighted by molar-refractivity contribution is 5.83. The minimum Gasteiger partial charge on any atom is -0.480 e. The summed E-state index contributed by atoms with van der Waals surface area (Å²) in [6, 6.07) is -2.49. The molecule has 0 heterocycles. The zero-order chi connectivity index (χ0) is 19.4. The average Bonchev–Trinajstić information content (AvgIpc) is 2.49. The molecule has 0 saturated heterocycles. The maximum Gasteiger partial charge on any atom is 0.321 e. The minimum atomic E-state index is -1.71. The molecule has 12 nitrogen and oxygen atoms in total. The third kappa shape index (κ3) is 10.6. The molecule has 0 aliphatic carbocycles. The maximum absolute atomic E-state index is 10.6. The van der Waals surface area contributed by atoms with E-state index in [0.717, 1.165) is 6.92 Å². The van der Waals surface area contributed by atoms with E-state index < -0.39 is 54.8 Å². The van der Waals surface area contributed by atoms with E-state index in [0.29, 0.717) is 0 Å². The van der Waals surface area contributed by atoms with Crippen LogP contribution in [0.5, 0.6) is 0 Å². The number of carboxylic acids is 1. The third-order valence-electron chi connectivity index (χ3n) is 2.55. The van der Waals surface area contributed by atoms with E-state index in [1.807, 2.05) is 0 Å². The molecule has 0 bridgehead atoms. The van der Waals surface area contributed by atoms with Gasteiger partial charge in [0, 0.05) is 6.92 Å². The Morgan fingerprint density at radius 2 is 1.67 bits per heavy atom. The molecule has 0 saturated carbocycles. The van der Waals surface area contributed by atoms with Crippen LogP contribution in [0.4, 0.5) is 0 Å². The lowest BCUT2D eigenvalue weighted by atomic mass is 10.0. The Morgan fingerprint density at radius 1 is 1.17 bits per heavy atom. The van der Waals surface area contributed by atoms with Crippen molar-refractivity contribution in [3.8, 4) is 0 Å². The number of hydrogen-bond acceptors (Lipinski definition) is 9. The van der Waals surface area contributed by atoms with Crippen molar-refractivity contribution >= 4 is 24.1 Å². The molecule has 0 spiro atoms. The second-order valence-electron chi connectivity index (χ2n) is 4.71. The highest BCUT2D eigenvalue weighted by Crippen LogP contribution is 2.03. The van der Waals surface area contributed by atoms with Crippen molar-refractivity contribution < 1.29 is 44.7 Å². The first kappa shape index (κ1) is 24.1. The Kier molecular flexibility index (Phi) is 12.4. The fourth-order valence-corrected chi connectivity index (χ4v) is 1.29. The van der Waals surface area contributed by atoms with Crippen molar-refractivity contribution in [2.45, 2.75) is 43.7 Å². The minimum absolute atomic E-state index is 0.235. The quantitative estimate of drug-likeness (QED) is 0.184. The molecule has 0 radical (unpaired) electrons. The van der Waals surface area contributed by atoms with Gasteiger partial charge in [-0.1, -0.05) is 0 Å². The van der Waals surface area contributed by atoms with Gasteiger partial charge >= 0.3 is 5.97 Å². The summed E-state index contributed by atoms with van der Waals surface area (Å²) in [7, 11) is 0. The molecule has 0 aliphatic rings. The zero-order valence-electron chi connectivity index (χ0n) is 12.9. The molecule has 0 aromatic heterocycles. The number of carboxylic acid groups (broad SMARTS) is 1. The molecular weight excluding hydrogens is 330 g/mol. The van der Waals surface area contributed by atoms with Gasteiger partial charge in [-0.25, -0.2) is 0 Å². The van der Waals surface area contributed by atoms with E-state index in [4.69, 9.17) is 21.1 Å². The van der Waals surface area contributed by atoms with Gasteiger partial charge in [-0.05, 0) is 0 Å². The molecular formula is C12H23N3O9. The van der Waals surface area contributed by atoms with Gasteiger partial charge in [-0.15, -0.1) is 0 Å². The lowest BCUT2D eigenvalue weighted by molar-refractivity contribution is -0.140. The van der Waals surface area contributed by atoms with Crippen molar-refractivity contribution in [1.82, 2.24) is 5.32 Å². The van der Waals surface area contributed by atoms with E-state index in [-0.39, 0.29) is 12.7 Å². The van der Waals surface area contributed by atoms with Gasteiger partial charge in [0.2, 0.25) is 11.8 Å². The van der Waals surface area contributed by atoms with E-state index in [9.17, 15) is 29.4 Å². The number of hydrogen-bond donors (Lipinski definition) is 8. The Balaban J connectivity index is 0. The van der Waals surface area contributed by atoms with Crippen LogP contribution in [0.15, 0.2) is 0 Å². The number of primary amides is 1. The lowest BCUT2D eigenvalue weighted by Gasteiger charge is -2.25. The fourth-order valence-electron chi connectivity index (χ4n) is 1.29. The Labute approximate surface area is 137 Å². The van der Waals surface area contributed by atoms with Gasteiger partial charge in [0.05, 0.1) is 13.0 Å². The summed E-state index contributed by atoms with van der Waals surface area (Å²) >= 11 is 0. The zero-order valence-corrected chi connectivity index (χ0v) is 12.9. The highest BCUT2D eigenvalue weighted by atomic mass is 16.4. The highest BCUT2D eigenvalue weighted by Gasteiger charge is 2.31. The number of aliphatic hydroxyl groups is 4. The van der Waals surface area contributed by atoms with Gasteiger partial charge in [-0.2, -0.15) is 0 Å². The van der Waals surface area contributed by atoms with Crippen LogP contribution in [-0.2, 0) is 19.2 Å². The monoisotopic (exact) mass is 353 g/mol. The molecule has 5 atom stereocenters. The molecule has 0 aromatic rings. The number of nitrogens with two attached hydrogens (primary N) is 2. The number of nitrogens with one attached hydrogen (secondary N) is 1. The first-order valence-corrected chi connectivity index (χ1v) is 6.62. The number of carbonyl (C=O) groups is 4. The predicted octanol–water partition coefficient (Wildman–Crippen LogP) is -4.96. The van der Waals surface area contributed by atoms with Crippen LogP contribution in [-0.4, -0.2) is 86.6 Å². The molecule has 0 aromatic carbocycles. The van der Waals surface area contributed by atoms with E-state index in [1.54, 1.807) is 0 Å².